The van der Waals surface area contributed by atoms with Crippen LogP contribution in [0.3, 0.4) is 0 Å². The van der Waals surface area contributed by atoms with E-state index in [4.69, 9.17) is 11.5 Å². The van der Waals surface area contributed by atoms with E-state index in [0.29, 0.717) is 6.42 Å². The average molecular weight is 144 g/mol. The first-order chi connectivity index (χ1) is 4.72. The van der Waals surface area contributed by atoms with E-state index in [2.05, 4.69) is 0 Å². The van der Waals surface area contributed by atoms with Crippen LogP contribution in [0.25, 0.3) is 0 Å². The smallest absolute Gasteiger partial charge is 0.150 e. The molecule has 0 amide bonds. The SMILES string of the molecule is CCCCC(=O)[C@H](N)CN. The summed E-state index contributed by atoms with van der Waals surface area (Å²) in [7, 11) is 0. The van der Waals surface area contributed by atoms with E-state index in [1.165, 1.54) is 0 Å². The first-order valence-electron chi connectivity index (χ1n) is 3.70. The van der Waals surface area contributed by atoms with Crippen LogP contribution in [0.1, 0.15) is 26.2 Å². The number of hydrogen-bond donors (Lipinski definition) is 2. The Hall–Kier alpha value is -0.410. The van der Waals surface area contributed by atoms with Crippen LogP contribution >= 0.6 is 0 Å². The zero-order valence-corrected chi connectivity index (χ0v) is 6.47. The number of hydrogen-bond acceptors (Lipinski definition) is 3. The van der Waals surface area contributed by atoms with Gasteiger partial charge in [-0.05, 0) is 6.42 Å². The van der Waals surface area contributed by atoms with Gasteiger partial charge >= 0.3 is 0 Å². The standard InChI is InChI=1S/C7H16N2O/c1-2-3-4-7(10)6(9)5-8/h6H,2-5,8-9H2,1H3/t6-/m1/s1. The summed E-state index contributed by atoms with van der Waals surface area (Å²) in [6.45, 7) is 2.31. The van der Waals surface area contributed by atoms with Crippen LogP contribution in [0.4, 0.5) is 0 Å². The fraction of sp³-hybridized carbons (Fsp3) is 0.857. The third kappa shape index (κ3) is 3.58. The number of rotatable bonds is 5. The number of unbranched alkanes of at least 4 members (excludes halogenated alkanes) is 1. The summed E-state index contributed by atoms with van der Waals surface area (Å²) in [5.74, 6) is 0.0874. The third-order valence-electron chi connectivity index (χ3n) is 1.44. The van der Waals surface area contributed by atoms with Crippen LogP contribution < -0.4 is 11.5 Å². The molecule has 0 heterocycles. The quantitative estimate of drug-likeness (QED) is 0.572. The highest BCUT2D eigenvalue weighted by Crippen LogP contribution is 1.96. The summed E-state index contributed by atoms with van der Waals surface area (Å²) in [6.07, 6.45) is 2.53. The summed E-state index contributed by atoms with van der Waals surface area (Å²) in [5, 5.41) is 0. The minimum absolute atomic E-state index is 0.0874. The first-order valence-corrected chi connectivity index (χ1v) is 3.70. The highest BCUT2D eigenvalue weighted by atomic mass is 16.1. The van der Waals surface area contributed by atoms with Gasteiger partial charge in [-0.2, -0.15) is 0 Å². The third-order valence-corrected chi connectivity index (χ3v) is 1.44. The zero-order chi connectivity index (χ0) is 7.98. The van der Waals surface area contributed by atoms with Crippen LogP contribution in [0.5, 0.6) is 0 Å². The lowest BCUT2D eigenvalue weighted by molar-refractivity contribution is -0.120. The Morgan fingerprint density at radius 2 is 2.20 bits per heavy atom. The molecule has 0 unspecified atom stereocenters. The molecule has 4 N–H and O–H groups in total. The molecule has 0 saturated carbocycles. The number of nitrogens with two attached hydrogens (primary N) is 2. The lowest BCUT2D eigenvalue weighted by Gasteiger charge is -2.05. The van der Waals surface area contributed by atoms with Crippen LogP contribution in [0.2, 0.25) is 0 Å². The van der Waals surface area contributed by atoms with Crippen molar-refractivity contribution in [2.75, 3.05) is 6.54 Å². The first kappa shape index (κ1) is 9.59. The Bertz CT molecular complexity index is 104. The summed E-state index contributed by atoms with van der Waals surface area (Å²) in [5.41, 5.74) is 10.6. The summed E-state index contributed by atoms with van der Waals surface area (Å²) in [4.78, 5) is 10.9. The molecule has 0 radical (unpaired) electrons. The molecule has 0 spiro atoms. The van der Waals surface area contributed by atoms with Gasteiger partial charge in [0.15, 0.2) is 5.78 Å². The lowest BCUT2D eigenvalue weighted by atomic mass is 10.1. The van der Waals surface area contributed by atoms with E-state index < -0.39 is 6.04 Å². The number of carbonyl (C=O) groups is 1. The van der Waals surface area contributed by atoms with Crippen LogP contribution in [-0.4, -0.2) is 18.4 Å². The van der Waals surface area contributed by atoms with E-state index in [1.54, 1.807) is 0 Å². The van der Waals surface area contributed by atoms with E-state index in [0.717, 1.165) is 12.8 Å². The molecule has 60 valence electrons. The number of Topliss-reactive ketones (excluding diaryl/α,β-unsaturated/α-hetero) is 1. The van der Waals surface area contributed by atoms with Gasteiger partial charge in [-0.3, -0.25) is 4.79 Å². The largest absolute Gasteiger partial charge is 0.328 e. The van der Waals surface area contributed by atoms with Gasteiger partial charge in [-0.1, -0.05) is 13.3 Å². The van der Waals surface area contributed by atoms with E-state index >= 15 is 0 Å². The molecule has 0 saturated heterocycles. The second-order valence-corrected chi connectivity index (χ2v) is 2.41. The maximum absolute atomic E-state index is 10.9. The Kier molecular flexibility index (Phi) is 5.16. The van der Waals surface area contributed by atoms with Gasteiger partial charge in [0.1, 0.15) is 0 Å². The van der Waals surface area contributed by atoms with Gasteiger partial charge < -0.3 is 11.5 Å². The predicted octanol–water partition coefficient (Wildman–Crippen LogP) is 0.0317. The summed E-state index contributed by atoms with van der Waals surface area (Å²) < 4.78 is 0. The zero-order valence-electron chi connectivity index (χ0n) is 6.47. The molecule has 0 aliphatic carbocycles. The Morgan fingerprint density at radius 1 is 1.60 bits per heavy atom. The molecule has 3 nitrogen and oxygen atoms in total. The van der Waals surface area contributed by atoms with Gasteiger partial charge in [0.05, 0.1) is 6.04 Å². The van der Waals surface area contributed by atoms with Crippen molar-refractivity contribution in [3.05, 3.63) is 0 Å². The van der Waals surface area contributed by atoms with Crippen LogP contribution in [0.15, 0.2) is 0 Å². The average Bonchev–Trinajstić information content (AvgIpc) is 1.98. The monoisotopic (exact) mass is 144 g/mol. The highest BCUT2D eigenvalue weighted by molar-refractivity contribution is 5.83. The van der Waals surface area contributed by atoms with Crippen molar-refractivity contribution in [2.45, 2.75) is 32.2 Å². The van der Waals surface area contributed by atoms with Crippen molar-refractivity contribution < 1.29 is 4.79 Å². The molecule has 0 aliphatic rings. The van der Waals surface area contributed by atoms with Gasteiger partial charge in [0, 0.05) is 13.0 Å². The topological polar surface area (TPSA) is 69.1 Å². The van der Waals surface area contributed by atoms with Crippen molar-refractivity contribution >= 4 is 5.78 Å². The fourth-order valence-corrected chi connectivity index (χ4v) is 0.668. The van der Waals surface area contributed by atoms with Crippen molar-refractivity contribution in [3.63, 3.8) is 0 Å². The molecule has 3 heteroatoms. The fourth-order valence-electron chi connectivity index (χ4n) is 0.668. The van der Waals surface area contributed by atoms with E-state index in [1.807, 2.05) is 6.92 Å². The normalized spacial score (nSPS) is 13.1. The minimum Gasteiger partial charge on any atom is -0.328 e. The molecule has 0 rings (SSSR count). The minimum atomic E-state index is -0.438. The van der Waals surface area contributed by atoms with Crippen molar-refractivity contribution in [3.8, 4) is 0 Å². The Balaban J connectivity index is 3.42. The molecular formula is C7H16N2O. The van der Waals surface area contributed by atoms with Crippen LogP contribution in [0, 0.1) is 0 Å². The molecule has 0 aromatic carbocycles. The molecule has 0 aliphatic heterocycles. The molecule has 0 aromatic heterocycles. The lowest BCUT2D eigenvalue weighted by Crippen LogP contribution is -2.37. The Labute approximate surface area is 61.8 Å². The van der Waals surface area contributed by atoms with Gasteiger partial charge in [-0.25, -0.2) is 0 Å². The van der Waals surface area contributed by atoms with E-state index in [-0.39, 0.29) is 12.3 Å². The highest BCUT2D eigenvalue weighted by Gasteiger charge is 2.09. The summed E-state index contributed by atoms with van der Waals surface area (Å²) >= 11 is 0. The molecule has 0 aromatic rings. The maximum atomic E-state index is 10.9. The maximum Gasteiger partial charge on any atom is 0.150 e. The number of ketones is 1. The second-order valence-electron chi connectivity index (χ2n) is 2.41. The van der Waals surface area contributed by atoms with Crippen LogP contribution in [-0.2, 0) is 4.79 Å². The van der Waals surface area contributed by atoms with Gasteiger partial charge in [-0.15, -0.1) is 0 Å². The molecular weight excluding hydrogens is 128 g/mol. The van der Waals surface area contributed by atoms with Crippen molar-refractivity contribution in [2.24, 2.45) is 11.5 Å². The number of carbonyl (C=O) groups excluding carboxylic acids is 1. The van der Waals surface area contributed by atoms with Crippen molar-refractivity contribution in [1.29, 1.82) is 0 Å². The molecule has 1 atom stereocenters. The predicted molar refractivity (Wildman–Crippen MR) is 41.6 cm³/mol. The van der Waals surface area contributed by atoms with E-state index in [9.17, 15) is 4.79 Å². The van der Waals surface area contributed by atoms with Crippen molar-refractivity contribution in [1.82, 2.24) is 0 Å². The second kappa shape index (κ2) is 5.38. The molecule has 0 bridgehead atoms. The van der Waals surface area contributed by atoms with Gasteiger partial charge in [0.25, 0.3) is 0 Å². The Morgan fingerprint density at radius 3 is 2.60 bits per heavy atom. The molecule has 0 fully saturated rings. The molecule has 10 heavy (non-hydrogen) atoms. The van der Waals surface area contributed by atoms with Gasteiger partial charge in [0.2, 0.25) is 0 Å². The summed E-state index contributed by atoms with van der Waals surface area (Å²) in [6, 6.07) is -0.438.